The molecule has 1 atom stereocenters. The summed E-state index contributed by atoms with van der Waals surface area (Å²) in [7, 11) is 1.23. The number of ether oxygens (including phenoxy) is 1. The number of hydrogen-bond acceptors (Lipinski definition) is 4. The number of carbonyl (C=O) groups excluding carboxylic acids is 1. The zero-order valence-corrected chi connectivity index (χ0v) is 12.7. The van der Waals surface area contributed by atoms with Gasteiger partial charge in [-0.2, -0.15) is 0 Å². The smallest absolute Gasteiger partial charge is 0.339 e. The van der Waals surface area contributed by atoms with E-state index < -0.39 is 11.6 Å². The first kappa shape index (κ1) is 15.3. The van der Waals surface area contributed by atoms with E-state index in [0.29, 0.717) is 10.7 Å². The van der Waals surface area contributed by atoms with Crippen molar-refractivity contribution < 1.29 is 14.6 Å². The molecule has 18 heavy (non-hydrogen) atoms. The van der Waals surface area contributed by atoms with Crippen LogP contribution in [0, 0.1) is 6.92 Å². The van der Waals surface area contributed by atoms with E-state index in [-0.39, 0.29) is 6.54 Å². The molecule has 1 unspecified atom stereocenters. The Hall–Kier alpha value is -0.780. The summed E-state index contributed by atoms with van der Waals surface area (Å²) in [5.41, 5.74) is 0.0505. The van der Waals surface area contributed by atoms with Crippen molar-refractivity contribution in [3.05, 3.63) is 27.2 Å². The summed E-state index contributed by atoms with van der Waals surface area (Å²) < 4.78 is 5.32. The van der Waals surface area contributed by atoms with Crippen LogP contribution in [0.3, 0.4) is 0 Å². The molecule has 2 N–H and O–H groups in total. The SMILES string of the molecule is COC(=O)C(C)(O)CNc1cc(Cl)c(C)cc1Br. The van der Waals surface area contributed by atoms with Crippen LogP contribution in [-0.2, 0) is 9.53 Å². The van der Waals surface area contributed by atoms with E-state index in [9.17, 15) is 9.90 Å². The predicted octanol–water partition coefficient (Wildman–Crippen LogP) is 2.75. The van der Waals surface area contributed by atoms with Crippen LogP contribution in [0.4, 0.5) is 5.69 Å². The standard InChI is InChI=1S/C12H15BrClNO3/c1-7-4-8(13)10(5-9(7)14)15-6-12(2,17)11(16)18-3/h4-5,15,17H,6H2,1-3H3. The van der Waals surface area contributed by atoms with Crippen molar-refractivity contribution in [2.24, 2.45) is 0 Å². The largest absolute Gasteiger partial charge is 0.467 e. The minimum absolute atomic E-state index is 0.0255. The molecule has 0 aliphatic heterocycles. The average Bonchev–Trinajstić information content (AvgIpc) is 2.31. The number of halogens is 2. The lowest BCUT2D eigenvalue weighted by atomic mass is 10.1. The Balaban J connectivity index is 2.81. The second kappa shape index (κ2) is 5.91. The molecule has 1 aromatic rings. The van der Waals surface area contributed by atoms with Crippen LogP contribution in [0.1, 0.15) is 12.5 Å². The number of esters is 1. The molecule has 1 rings (SSSR count). The molecule has 0 spiro atoms. The summed E-state index contributed by atoms with van der Waals surface area (Å²) in [5, 5.41) is 13.4. The molecule has 0 radical (unpaired) electrons. The fourth-order valence-corrected chi connectivity index (χ4v) is 2.10. The molecule has 0 saturated heterocycles. The van der Waals surface area contributed by atoms with Gasteiger partial charge in [-0.3, -0.25) is 0 Å². The minimum atomic E-state index is -1.59. The molecule has 0 aromatic heterocycles. The molecule has 100 valence electrons. The summed E-state index contributed by atoms with van der Waals surface area (Å²) >= 11 is 9.39. The van der Waals surface area contributed by atoms with Crippen LogP contribution in [0.25, 0.3) is 0 Å². The van der Waals surface area contributed by atoms with E-state index in [1.807, 2.05) is 13.0 Å². The lowest BCUT2D eigenvalue weighted by Crippen LogP contribution is -2.42. The lowest BCUT2D eigenvalue weighted by Gasteiger charge is -2.21. The van der Waals surface area contributed by atoms with Gasteiger partial charge in [-0.15, -0.1) is 0 Å². The Bertz CT molecular complexity index is 463. The molecular weight excluding hydrogens is 321 g/mol. The van der Waals surface area contributed by atoms with E-state index >= 15 is 0 Å². The van der Waals surface area contributed by atoms with Crippen molar-refractivity contribution in [3.63, 3.8) is 0 Å². The van der Waals surface area contributed by atoms with Crippen molar-refractivity contribution in [2.75, 3.05) is 19.0 Å². The summed E-state index contributed by atoms with van der Waals surface area (Å²) in [4.78, 5) is 11.3. The average molecular weight is 337 g/mol. The van der Waals surface area contributed by atoms with Crippen LogP contribution in [0.5, 0.6) is 0 Å². The van der Waals surface area contributed by atoms with Gasteiger partial charge in [-0.1, -0.05) is 11.6 Å². The number of methoxy groups -OCH3 is 1. The van der Waals surface area contributed by atoms with Crippen molar-refractivity contribution in [1.29, 1.82) is 0 Å². The van der Waals surface area contributed by atoms with Crippen molar-refractivity contribution in [3.8, 4) is 0 Å². The third-order valence-electron chi connectivity index (χ3n) is 2.50. The van der Waals surface area contributed by atoms with Crippen LogP contribution in [0.15, 0.2) is 16.6 Å². The zero-order chi connectivity index (χ0) is 13.9. The van der Waals surface area contributed by atoms with Gasteiger partial charge < -0.3 is 15.2 Å². The molecule has 1 aromatic carbocycles. The van der Waals surface area contributed by atoms with Gasteiger partial charge in [0.25, 0.3) is 0 Å². The van der Waals surface area contributed by atoms with E-state index in [4.69, 9.17) is 11.6 Å². The Kier molecular flexibility index (Phi) is 5.01. The molecule has 0 bridgehead atoms. The first-order valence-corrected chi connectivity index (χ1v) is 6.45. The Morgan fingerprint density at radius 1 is 1.61 bits per heavy atom. The van der Waals surface area contributed by atoms with Gasteiger partial charge in [0, 0.05) is 9.50 Å². The minimum Gasteiger partial charge on any atom is -0.467 e. The van der Waals surface area contributed by atoms with Crippen LogP contribution in [-0.4, -0.2) is 30.3 Å². The van der Waals surface area contributed by atoms with Gasteiger partial charge in [0.05, 0.1) is 19.3 Å². The zero-order valence-electron chi connectivity index (χ0n) is 10.4. The highest BCUT2D eigenvalue weighted by molar-refractivity contribution is 9.10. The maximum Gasteiger partial charge on any atom is 0.339 e. The lowest BCUT2D eigenvalue weighted by molar-refractivity contribution is -0.158. The summed E-state index contributed by atoms with van der Waals surface area (Å²) in [6, 6.07) is 3.59. The Morgan fingerprint density at radius 3 is 2.78 bits per heavy atom. The first-order valence-electron chi connectivity index (χ1n) is 5.28. The molecular formula is C12H15BrClNO3. The molecule has 0 saturated carbocycles. The monoisotopic (exact) mass is 335 g/mol. The third-order valence-corrected chi connectivity index (χ3v) is 3.56. The fraction of sp³-hybridized carbons (Fsp3) is 0.417. The van der Waals surface area contributed by atoms with Gasteiger partial charge >= 0.3 is 5.97 Å². The molecule has 6 heteroatoms. The molecule has 4 nitrogen and oxygen atoms in total. The highest BCUT2D eigenvalue weighted by Crippen LogP contribution is 2.29. The summed E-state index contributed by atoms with van der Waals surface area (Å²) in [6.45, 7) is 3.30. The third kappa shape index (κ3) is 3.60. The van der Waals surface area contributed by atoms with Crippen molar-refractivity contribution >= 4 is 39.2 Å². The molecule has 0 fully saturated rings. The molecule has 0 aliphatic rings. The predicted molar refractivity (Wildman–Crippen MR) is 75.0 cm³/mol. The number of hydrogen-bond donors (Lipinski definition) is 2. The Labute approximate surface area is 119 Å². The van der Waals surface area contributed by atoms with Gasteiger partial charge in [0.1, 0.15) is 0 Å². The maximum absolute atomic E-state index is 11.3. The number of nitrogens with one attached hydrogen (secondary N) is 1. The Morgan fingerprint density at radius 2 is 2.22 bits per heavy atom. The van der Waals surface area contributed by atoms with Gasteiger partial charge in [0.15, 0.2) is 5.60 Å². The van der Waals surface area contributed by atoms with Gasteiger partial charge in [-0.25, -0.2) is 4.79 Å². The number of aryl methyl sites for hydroxylation is 1. The second-order valence-electron chi connectivity index (χ2n) is 4.20. The number of carbonyl (C=O) groups is 1. The van der Waals surface area contributed by atoms with Crippen LogP contribution >= 0.6 is 27.5 Å². The van der Waals surface area contributed by atoms with E-state index in [2.05, 4.69) is 26.0 Å². The summed E-state index contributed by atoms with van der Waals surface area (Å²) in [5.74, 6) is -0.690. The summed E-state index contributed by atoms with van der Waals surface area (Å²) in [6.07, 6.45) is 0. The van der Waals surface area contributed by atoms with Crippen LogP contribution in [0.2, 0.25) is 5.02 Å². The highest BCUT2D eigenvalue weighted by Gasteiger charge is 2.31. The van der Waals surface area contributed by atoms with E-state index in [1.165, 1.54) is 14.0 Å². The topological polar surface area (TPSA) is 58.6 Å². The first-order chi connectivity index (χ1) is 8.27. The van der Waals surface area contributed by atoms with E-state index in [0.717, 1.165) is 10.0 Å². The number of benzene rings is 1. The van der Waals surface area contributed by atoms with E-state index in [1.54, 1.807) is 6.07 Å². The van der Waals surface area contributed by atoms with Gasteiger partial charge in [0.2, 0.25) is 0 Å². The molecule has 0 amide bonds. The maximum atomic E-state index is 11.3. The van der Waals surface area contributed by atoms with Crippen LogP contribution < -0.4 is 5.32 Å². The molecule has 0 heterocycles. The van der Waals surface area contributed by atoms with Crippen molar-refractivity contribution in [2.45, 2.75) is 19.4 Å². The molecule has 0 aliphatic carbocycles. The highest BCUT2D eigenvalue weighted by atomic mass is 79.9. The van der Waals surface area contributed by atoms with Gasteiger partial charge in [-0.05, 0) is 47.5 Å². The second-order valence-corrected chi connectivity index (χ2v) is 5.46. The number of aliphatic hydroxyl groups is 1. The quantitative estimate of drug-likeness (QED) is 0.830. The normalized spacial score (nSPS) is 13.9. The van der Waals surface area contributed by atoms with Crippen molar-refractivity contribution in [1.82, 2.24) is 0 Å². The number of rotatable bonds is 4. The number of anilines is 1. The fourth-order valence-electron chi connectivity index (χ4n) is 1.34.